The minimum Gasteiger partial charge on any atom is -0.486 e. The number of carbonyl (C=O) groups is 1. The maximum Gasteiger partial charge on any atom is 0.258 e. The molecule has 1 aromatic rings. The summed E-state index contributed by atoms with van der Waals surface area (Å²) in [5, 5.41) is 2.46. The lowest BCUT2D eigenvalue weighted by atomic mass is 10.1. The third-order valence-corrected chi connectivity index (χ3v) is 3.95. The summed E-state index contributed by atoms with van der Waals surface area (Å²) in [7, 11) is 0. The Morgan fingerprint density at radius 3 is 2.77 bits per heavy atom. The summed E-state index contributed by atoms with van der Waals surface area (Å²) in [6.07, 6.45) is 6.72. The van der Waals surface area contributed by atoms with Crippen molar-refractivity contribution in [3.63, 3.8) is 0 Å². The lowest BCUT2D eigenvalue weighted by Crippen LogP contribution is -2.44. The van der Waals surface area contributed by atoms with Gasteiger partial charge in [0.1, 0.15) is 13.2 Å². The van der Waals surface area contributed by atoms with Crippen LogP contribution in [0.15, 0.2) is 18.2 Å². The summed E-state index contributed by atoms with van der Waals surface area (Å²) >= 11 is 6.17. The van der Waals surface area contributed by atoms with E-state index >= 15 is 0 Å². The van der Waals surface area contributed by atoms with Crippen molar-refractivity contribution in [3.8, 4) is 11.5 Å². The van der Waals surface area contributed by atoms with Gasteiger partial charge < -0.3 is 9.47 Å². The number of hydrazine groups is 1. The Hall–Kier alpha value is -1.72. The van der Waals surface area contributed by atoms with Crippen molar-refractivity contribution >= 4 is 23.6 Å². The van der Waals surface area contributed by atoms with Gasteiger partial charge in [-0.2, -0.15) is 0 Å². The number of amides is 1. The fourth-order valence-corrected chi connectivity index (χ4v) is 2.87. The first-order valence-corrected chi connectivity index (χ1v) is 7.93. The van der Waals surface area contributed by atoms with E-state index in [9.17, 15) is 4.79 Å². The second kappa shape index (κ2) is 7.03. The normalized spacial score (nSPS) is 18.4. The number of nitrogens with one attached hydrogen (secondary N) is 1. The number of nitrogens with zero attached hydrogens (tertiary/aromatic N) is 1. The maximum absolute atomic E-state index is 11.9. The zero-order valence-corrected chi connectivity index (χ0v) is 13.1. The number of benzene rings is 1. The Balaban J connectivity index is 1.64. The number of carbonyl (C=O) groups excluding carboxylic acids is 1. The van der Waals surface area contributed by atoms with Crippen molar-refractivity contribution in [2.45, 2.75) is 19.3 Å². The average Bonchev–Trinajstić information content (AvgIpc) is 2.54. The summed E-state index contributed by atoms with van der Waals surface area (Å²) in [5.41, 5.74) is 3.69. The largest absolute Gasteiger partial charge is 0.486 e. The molecule has 2 aliphatic rings. The highest BCUT2D eigenvalue weighted by Crippen LogP contribution is 2.38. The van der Waals surface area contributed by atoms with E-state index in [1.165, 1.54) is 12.5 Å². The highest BCUT2D eigenvalue weighted by molar-refractivity contribution is 6.32. The molecule has 3 rings (SSSR count). The van der Waals surface area contributed by atoms with Crippen molar-refractivity contribution in [1.82, 2.24) is 10.4 Å². The molecule has 2 heterocycles. The molecule has 1 aromatic carbocycles. The van der Waals surface area contributed by atoms with Crippen molar-refractivity contribution < 1.29 is 14.3 Å². The van der Waals surface area contributed by atoms with Gasteiger partial charge in [-0.3, -0.25) is 10.2 Å². The van der Waals surface area contributed by atoms with E-state index in [-0.39, 0.29) is 5.91 Å². The van der Waals surface area contributed by atoms with Gasteiger partial charge in [0.25, 0.3) is 5.91 Å². The number of ether oxygens (including phenoxy) is 2. The van der Waals surface area contributed by atoms with E-state index in [0.717, 1.165) is 31.5 Å². The molecule has 0 bridgehead atoms. The van der Waals surface area contributed by atoms with Crippen LogP contribution in [-0.4, -0.2) is 37.2 Å². The van der Waals surface area contributed by atoms with Crippen LogP contribution in [0.1, 0.15) is 24.8 Å². The SMILES string of the molecule is O=C(/C=C/c1cc(Cl)c2c(c1)OCCO2)NN1CCCCC1. The van der Waals surface area contributed by atoms with Crippen LogP contribution >= 0.6 is 11.6 Å². The number of piperidine rings is 1. The second-order valence-electron chi connectivity index (χ2n) is 5.38. The predicted octanol–water partition coefficient (Wildman–Crippen LogP) is 2.64. The van der Waals surface area contributed by atoms with Crippen molar-refractivity contribution in [1.29, 1.82) is 0 Å². The minimum atomic E-state index is -0.132. The molecule has 0 saturated carbocycles. The van der Waals surface area contributed by atoms with E-state index in [1.54, 1.807) is 12.1 Å². The van der Waals surface area contributed by atoms with E-state index < -0.39 is 0 Å². The van der Waals surface area contributed by atoms with Crippen molar-refractivity contribution in [2.24, 2.45) is 0 Å². The van der Waals surface area contributed by atoms with Gasteiger partial charge in [-0.25, -0.2) is 5.01 Å². The van der Waals surface area contributed by atoms with Gasteiger partial charge in [-0.15, -0.1) is 0 Å². The molecule has 0 unspecified atom stereocenters. The monoisotopic (exact) mass is 322 g/mol. The molecule has 0 spiro atoms. The number of fused-ring (bicyclic) bond motifs is 1. The molecule has 2 aliphatic heterocycles. The highest BCUT2D eigenvalue weighted by Gasteiger charge is 2.16. The zero-order chi connectivity index (χ0) is 15.4. The summed E-state index contributed by atoms with van der Waals surface area (Å²) in [6, 6.07) is 3.59. The van der Waals surface area contributed by atoms with Crippen molar-refractivity contribution in [3.05, 3.63) is 28.8 Å². The summed E-state index contributed by atoms with van der Waals surface area (Å²) in [4.78, 5) is 11.9. The number of halogens is 1. The Bertz CT molecular complexity index is 583. The van der Waals surface area contributed by atoms with Crippen LogP contribution in [0.3, 0.4) is 0 Å². The number of hydrogen-bond donors (Lipinski definition) is 1. The molecule has 22 heavy (non-hydrogen) atoms. The quantitative estimate of drug-likeness (QED) is 0.869. The van der Waals surface area contributed by atoms with Crippen LogP contribution in [0.5, 0.6) is 11.5 Å². The van der Waals surface area contributed by atoms with Gasteiger partial charge in [0.2, 0.25) is 0 Å². The Morgan fingerprint density at radius 1 is 1.18 bits per heavy atom. The molecule has 1 saturated heterocycles. The molecular formula is C16H19ClN2O3. The molecular weight excluding hydrogens is 304 g/mol. The van der Waals surface area contributed by atoms with Gasteiger partial charge in [0.05, 0.1) is 5.02 Å². The van der Waals surface area contributed by atoms with E-state index in [2.05, 4.69) is 5.43 Å². The first-order chi connectivity index (χ1) is 10.7. The third-order valence-electron chi connectivity index (χ3n) is 3.67. The molecule has 1 amide bonds. The van der Waals surface area contributed by atoms with Gasteiger partial charge in [-0.1, -0.05) is 18.0 Å². The Morgan fingerprint density at radius 2 is 1.95 bits per heavy atom. The number of hydrogen-bond acceptors (Lipinski definition) is 4. The molecule has 6 heteroatoms. The van der Waals surface area contributed by atoms with Crippen LogP contribution < -0.4 is 14.9 Å². The molecule has 5 nitrogen and oxygen atoms in total. The lowest BCUT2D eigenvalue weighted by Gasteiger charge is -2.26. The van der Waals surface area contributed by atoms with Crippen LogP contribution in [0.2, 0.25) is 5.02 Å². The second-order valence-corrected chi connectivity index (χ2v) is 5.79. The number of rotatable bonds is 3. The first-order valence-electron chi connectivity index (χ1n) is 7.55. The summed E-state index contributed by atoms with van der Waals surface area (Å²) < 4.78 is 11.0. The van der Waals surface area contributed by atoms with Gasteiger partial charge in [-0.05, 0) is 36.6 Å². The topological polar surface area (TPSA) is 50.8 Å². The summed E-state index contributed by atoms with van der Waals surface area (Å²) in [5.74, 6) is 1.06. The maximum atomic E-state index is 11.9. The molecule has 0 radical (unpaired) electrons. The Kier molecular flexibility index (Phi) is 4.85. The van der Waals surface area contributed by atoms with Crippen LogP contribution in [0.4, 0.5) is 0 Å². The average molecular weight is 323 g/mol. The fourth-order valence-electron chi connectivity index (χ4n) is 2.60. The van der Waals surface area contributed by atoms with Gasteiger partial charge in [0.15, 0.2) is 11.5 Å². The summed E-state index contributed by atoms with van der Waals surface area (Å²) in [6.45, 7) is 2.83. The fraction of sp³-hybridized carbons (Fsp3) is 0.438. The molecule has 0 aliphatic carbocycles. The van der Waals surface area contributed by atoms with Crippen LogP contribution in [0.25, 0.3) is 6.08 Å². The van der Waals surface area contributed by atoms with Gasteiger partial charge >= 0.3 is 0 Å². The Labute approximate surface area is 134 Å². The molecule has 1 N–H and O–H groups in total. The van der Waals surface area contributed by atoms with Crippen LogP contribution in [0, 0.1) is 0 Å². The smallest absolute Gasteiger partial charge is 0.258 e. The molecule has 0 aromatic heterocycles. The third kappa shape index (κ3) is 3.72. The van der Waals surface area contributed by atoms with Crippen molar-refractivity contribution in [2.75, 3.05) is 26.3 Å². The van der Waals surface area contributed by atoms with E-state index in [0.29, 0.717) is 29.7 Å². The van der Waals surface area contributed by atoms with Crippen LogP contribution in [-0.2, 0) is 4.79 Å². The zero-order valence-electron chi connectivity index (χ0n) is 12.3. The lowest BCUT2D eigenvalue weighted by molar-refractivity contribution is -0.121. The molecule has 1 fully saturated rings. The van der Waals surface area contributed by atoms with Gasteiger partial charge in [0, 0.05) is 19.2 Å². The first kappa shape index (κ1) is 15.2. The minimum absolute atomic E-state index is 0.132. The standard InChI is InChI=1S/C16H19ClN2O3/c17-13-10-12(11-14-16(13)22-9-8-21-14)4-5-15(20)18-19-6-2-1-3-7-19/h4-5,10-11H,1-3,6-9H2,(H,18,20)/b5-4+. The molecule has 0 atom stereocenters. The van der Waals surface area contributed by atoms with E-state index in [1.807, 2.05) is 11.1 Å². The predicted molar refractivity (Wildman–Crippen MR) is 85.0 cm³/mol. The highest BCUT2D eigenvalue weighted by atomic mass is 35.5. The molecule has 118 valence electrons. The van der Waals surface area contributed by atoms with E-state index in [4.69, 9.17) is 21.1 Å².